The lowest BCUT2D eigenvalue weighted by atomic mass is 9.98. The number of nitrogens with zero attached hydrogens (tertiary/aromatic N) is 2. The third kappa shape index (κ3) is 4.31. The van der Waals surface area contributed by atoms with Crippen LogP contribution in [0.4, 0.5) is 0 Å². The number of rotatable bonds is 7. The molecule has 142 valence electrons. The maximum Gasteiger partial charge on any atom is 0.0996 e. The summed E-state index contributed by atoms with van der Waals surface area (Å²) >= 11 is 0. The van der Waals surface area contributed by atoms with Gasteiger partial charge < -0.3 is 18.8 Å². The molecular formula is C22H26N2O3. The molecule has 1 saturated carbocycles. The smallest absolute Gasteiger partial charge is 0.0996 e. The van der Waals surface area contributed by atoms with E-state index in [1.54, 1.807) is 18.9 Å². The van der Waals surface area contributed by atoms with Gasteiger partial charge in [0.15, 0.2) is 0 Å². The molecule has 1 fully saturated rings. The number of imidazole rings is 1. The molecular weight excluding hydrogens is 340 g/mol. The van der Waals surface area contributed by atoms with Gasteiger partial charge in [-0.1, -0.05) is 49.6 Å². The molecule has 4 rings (SSSR count). The summed E-state index contributed by atoms with van der Waals surface area (Å²) in [5.41, 5.74) is 3.83. The van der Waals surface area contributed by atoms with Crippen molar-refractivity contribution in [2.75, 3.05) is 6.61 Å². The Labute approximate surface area is 159 Å². The van der Waals surface area contributed by atoms with Crippen molar-refractivity contribution in [1.82, 2.24) is 9.55 Å². The first-order chi connectivity index (χ1) is 13.3. The number of aromatic nitrogens is 2. The number of benzene rings is 1. The van der Waals surface area contributed by atoms with Crippen LogP contribution in [0.25, 0.3) is 22.5 Å². The van der Waals surface area contributed by atoms with Gasteiger partial charge in [0, 0.05) is 11.1 Å². The maximum atomic E-state index is 10.5. The lowest BCUT2D eigenvalue weighted by Crippen LogP contribution is -2.26. The van der Waals surface area contributed by atoms with E-state index in [1.807, 2.05) is 41.0 Å². The van der Waals surface area contributed by atoms with Crippen molar-refractivity contribution in [3.63, 3.8) is 0 Å². The van der Waals surface area contributed by atoms with Crippen LogP contribution in [0.3, 0.4) is 0 Å². The molecule has 3 aromatic rings. The van der Waals surface area contributed by atoms with Crippen molar-refractivity contribution in [3.8, 4) is 22.5 Å². The van der Waals surface area contributed by atoms with Gasteiger partial charge in [0.05, 0.1) is 55.6 Å². The Morgan fingerprint density at radius 3 is 2.67 bits per heavy atom. The molecule has 1 N–H and O–H groups in total. The summed E-state index contributed by atoms with van der Waals surface area (Å²) in [6, 6.07) is 12.0. The van der Waals surface area contributed by atoms with Gasteiger partial charge in [0.2, 0.25) is 0 Å². The van der Waals surface area contributed by atoms with E-state index in [0.29, 0.717) is 19.3 Å². The minimum Gasteiger partial charge on any atom is -0.472 e. The fraction of sp³-hybridized carbons (Fsp3) is 0.409. The highest BCUT2D eigenvalue weighted by Crippen LogP contribution is 2.31. The third-order valence-electron chi connectivity index (χ3n) is 5.16. The van der Waals surface area contributed by atoms with Crippen LogP contribution in [-0.4, -0.2) is 33.5 Å². The van der Waals surface area contributed by atoms with Crippen LogP contribution in [0.15, 0.2) is 59.7 Å². The minimum atomic E-state index is -0.574. The van der Waals surface area contributed by atoms with Crippen LogP contribution in [0.2, 0.25) is 0 Å². The molecule has 27 heavy (non-hydrogen) atoms. The number of hydrogen-bond donors (Lipinski definition) is 1. The third-order valence-corrected chi connectivity index (χ3v) is 5.16. The van der Waals surface area contributed by atoms with E-state index >= 15 is 0 Å². The molecule has 0 unspecified atom stereocenters. The van der Waals surface area contributed by atoms with Crippen LogP contribution in [0.1, 0.15) is 32.1 Å². The zero-order valence-electron chi connectivity index (χ0n) is 15.5. The average molecular weight is 366 g/mol. The summed E-state index contributed by atoms with van der Waals surface area (Å²) in [5.74, 6) is 0. The van der Waals surface area contributed by atoms with E-state index in [9.17, 15) is 5.11 Å². The number of hydrogen-bond acceptors (Lipinski definition) is 4. The summed E-state index contributed by atoms with van der Waals surface area (Å²) in [5, 5.41) is 10.5. The van der Waals surface area contributed by atoms with E-state index in [-0.39, 0.29) is 0 Å². The van der Waals surface area contributed by atoms with Gasteiger partial charge in [0.1, 0.15) is 0 Å². The molecule has 0 bridgehead atoms. The van der Waals surface area contributed by atoms with Gasteiger partial charge in [-0.15, -0.1) is 0 Å². The van der Waals surface area contributed by atoms with Crippen LogP contribution >= 0.6 is 0 Å². The average Bonchev–Trinajstić information content (AvgIpc) is 3.37. The normalized spacial score (nSPS) is 16.5. The van der Waals surface area contributed by atoms with Crippen molar-refractivity contribution in [2.45, 2.75) is 50.9 Å². The summed E-state index contributed by atoms with van der Waals surface area (Å²) in [7, 11) is 0. The molecule has 5 heteroatoms. The SMILES string of the molecule is O[C@H](COC1CCCCC1)Cn1cnc(-c2ccccc2)c1-c1ccoc1. The molecule has 1 aliphatic rings. The highest BCUT2D eigenvalue weighted by molar-refractivity contribution is 5.78. The standard InChI is InChI=1S/C22H26N2O3/c25-19(15-27-20-9-5-2-6-10-20)13-24-16-23-21(17-7-3-1-4-8-17)22(24)18-11-12-26-14-18/h1,3-4,7-8,11-12,14,16,19-20,25H,2,5-6,9-10,13,15H2/t19-/m0/s1. The van der Waals surface area contributed by atoms with Gasteiger partial charge in [-0.3, -0.25) is 0 Å². The first kappa shape index (κ1) is 18.0. The highest BCUT2D eigenvalue weighted by Gasteiger charge is 2.19. The molecule has 2 aromatic heterocycles. The maximum absolute atomic E-state index is 10.5. The summed E-state index contributed by atoms with van der Waals surface area (Å²) in [4.78, 5) is 4.61. The van der Waals surface area contributed by atoms with Crippen molar-refractivity contribution in [3.05, 3.63) is 55.3 Å². The molecule has 2 heterocycles. The highest BCUT2D eigenvalue weighted by atomic mass is 16.5. The first-order valence-electron chi connectivity index (χ1n) is 9.74. The van der Waals surface area contributed by atoms with Gasteiger partial charge >= 0.3 is 0 Å². The zero-order chi connectivity index (χ0) is 18.5. The zero-order valence-corrected chi connectivity index (χ0v) is 15.5. The second-order valence-corrected chi connectivity index (χ2v) is 7.22. The summed E-state index contributed by atoms with van der Waals surface area (Å²) < 4.78 is 13.2. The van der Waals surface area contributed by atoms with Crippen molar-refractivity contribution in [1.29, 1.82) is 0 Å². The summed E-state index contributed by atoms with van der Waals surface area (Å²) in [6.07, 6.45) is 10.9. The minimum absolute atomic E-state index is 0.296. The largest absolute Gasteiger partial charge is 0.472 e. The van der Waals surface area contributed by atoms with Gasteiger partial charge in [-0.25, -0.2) is 4.98 Å². The summed E-state index contributed by atoms with van der Waals surface area (Å²) in [6.45, 7) is 0.793. The number of aliphatic hydroxyl groups excluding tert-OH is 1. The molecule has 5 nitrogen and oxygen atoms in total. The Morgan fingerprint density at radius 1 is 1.11 bits per heavy atom. The fourth-order valence-electron chi connectivity index (χ4n) is 3.79. The molecule has 0 aliphatic heterocycles. The van der Waals surface area contributed by atoms with Crippen molar-refractivity contribution >= 4 is 0 Å². The van der Waals surface area contributed by atoms with Gasteiger partial charge in [-0.2, -0.15) is 0 Å². The lowest BCUT2D eigenvalue weighted by Gasteiger charge is -2.23. The topological polar surface area (TPSA) is 60.4 Å². The molecule has 1 atom stereocenters. The van der Waals surface area contributed by atoms with Gasteiger partial charge in [0.25, 0.3) is 0 Å². The monoisotopic (exact) mass is 366 g/mol. The lowest BCUT2D eigenvalue weighted by molar-refractivity contribution is -0.0282. The van der Waals surface area contributed by atoms with E-state index in [0.717, 1.165) is 35.4 Å². The van der Waals surface area contributed by atoms with E-state index < -0.39 is 6.10 Å². The molecule has 0 spiro atoms. The van der Waals surface area contributed by atoms with Gasteiger partial charge in [-0.05, 0) is 18.9 Å². The number of aliphatic hydroxyl groups is 1. The van der Waals surface area contributed by atoms with E-state index in [2.05, 4.69) is 4.98 Å². The van der Waals surface area contributed by atoms with E-state index in [1.165, 1.54) is 19.3 Å². The van der Waals surface area contributed by atoms with Crippen LogP contribution in [0.5, 0.6) is 0 Å². The molecule has 0 radical (unpaired) electrons. The Kier molecular flexibility index (Phi) is 5.70. The second kappa shape index (κ2) is 8.55. The number of furan rings is 1. The Hall–Kier alpha value is -2.37. The Balaban J connectivity index is 1.51. The Morgan fingerprint density at radius 2 is 1.93 bits per heavy atom. The van der Waals surface area contributed by atoms with E-state index in [4.69, 9.17) is 9.15 Å². The first-order valence-corrected chi connectivity index (χ1v) is 9.74. The van der Waals surface area contributed by atoms with Crippen LogP contribution < -0.4 is 0 Å². The molecule has 1 aromatic carbocycles. The predicted molar refractivity (Wildman–Crippen MR) is 104 cm³/mol. The quantitative estimate of drug-likeness (QED) is 0.668. The number of ether oxygens (including phenoxy) is 1. The van der Waals surface area contributed by atoms with Crippen molar-refractivity contribution in [2.24, 2.45) is 0 Å². The van der Waals surface area contributed by atoms with Crippen molar-refractivity contribution < 1.29 is 14.3 Å². The second-order valence-electron chi connectivity index (χ2n) is 7.22. The molecule has 0 amide bonds. The molecule has 0 saturated heterocycles. The van der Waals surface area contributed by atoms with Crippen LogP contribution in [0, 0.1) is 0 Å². The fourth-order valence-corrected chi connectivity index (χ4v) is 3.79. The Bertz CT molecular complexity index is 821. The molecule has 1 aliphatic carbocycles. The predicted octanol–water partition coefficient (Wildman–Crippen LogP) is 4.52. The van der Waals surface area contributed by atoms with Crippen LogP contribution in [-0.2, 0) is 11.3 Å².